The molecule has 0 unspecified atom stereocenters. The van der Waals surface area contributed by atoms with Crippen molar-refractivity contribution < 1.29 is 0 Å². The van der Waals surface area contributed by atoms with Crippen molar-refractivity contribution in [2.75, 3.05) is 0 Å². The van der Waals surface area contributed by atoms with Crippen molar-refractivity contribution in [1.29, 1.82) is 0 Å². The molecule has 0 bridgehead atoms. The lowest BCUT2D eigenvalue weighted by Gasteiger charge is -2.37. The van der Waals surface area contributed by atoms with Crippen LogP contribution in [0.25, 0.3) is 0 Å². The molecule has 0 amide bonds. The minimum Gasteiger partial charge on any atom is -0.0987 e. The molecule has 0 heteroatoms. The molecule has 0 N–H and O–H groups in total. The molecule has 2 radical (unpaired) electrons. The Labute approximate surface area is 70.0 Å². The molecular weight excluding hydrogens is 132 g/mol. The highest BCUT2D eigenvalue weighted by Crippen LogP contribution is 2.44. The van der Waals surface area contributed by atoms with Gasteiger partial charge in [-0.1, -0.05) is 38.2 Å². The fraction of sp³-hybridized carbons (Fsp3) is 0.455. The second-order valence-corrected chi connectivity index (χ2v) is 3.38. The third-order valence-corrected chi connectivity index (χ3v) is 2.85. The summed E-state index contributed by atoms with van der Waals surface area (Å²) >= 11 is 0. The van der Waals surface area contributed by atoms with Gasteiger partial charge in [0.05, 0.1) is 0 Å². The van der Waals surface area contributed by atoms with E-state index in [9.17, 15) is 0 Å². The van der Waals surface area contributed by atoms with Crippen molar-refractivity contribution in [3.8, 4) is 0 Å². The van der Waals surface area contributed by atoms with Crippen LogP contribution in [0.2, 0.25) is 0 Å². The largest absolute Gasteiger partial charge is 0.0987 e. The lowest BCUT2D eigenvalue weighted by Crippen LogP contribution is -2.24. The van der Waals surface area contributed by atoms with Gasteiger partial charge < -0.3 is 0 Å². The predicted molar refractivity (Wildman–Crippen MR) is 49.9 cm³/mol. The minimum absolute atomic E-state index is 0.137. The van der Waals surface area contributed by atoms with E-state index >= 15 is 0 Å². The van der Waals surface area contributed by atoms with E-state index < -0.39 is 0 Å². The van der Waals surface area contributed by atoms with Crippen LogP contribution in [0.4, 0.5) is 0 Å². The molecule has 0 aromatic carbocycles. The summed E-state index contributed by atoms with van der Waals surface area (Å²) in [4.78, 5) is 0. The molecule has 0 heterocycles. The van der Waals surface area contributed by atoms with E-state index in [4.69, 9.17) is 0 Å². The van der Waals surface area contributed by atoms with Gasteiger partial charge >= 0.3 is 0 Å². The van der Waals surface area contributed by atoms with Gasteiger partial charge in [-0.2, -0.15) is 0 Å². The van der Waals surface area contributed by atoms with E-state index in [1.807, 2.05) is 0 Å². The molecule has 0 aromatic rings. The average Bonchev–Trinajstić information content (AvgIpc) is 2.00. The standard InChI is InChI=1S/C11H16/c1-5-11(4)9(2)7-6-8-10(11)3/h7-8H,2-3,5-6H2,1,4H3. The second-order valence-electron chi connectivity index (χ2n) is 3.38. The van der Waals surface area contributed by atoms with E-state index in [0.717, 1.165) is 12.8 Å². The molecule has 0 atom stereocenters. The minimum atomic E-state index is 0.137. The van der Waals surface area contributed by atoms with Gasteiger partial charge in [-0.25, -0.2) is 0 Å². The molecule has 1 rings (SSSR count). The molecule has 0 aliphatic heterocycles. The van der Waals surface area contributed by atoms with Gasteiger partial charge in [-0.3, -0.25) is 0 Å². The number of allylic oxidation sites excluding steroid dienone is 2. The van der Waals surface area contributed by atoms with Crippen molar-refractivity contribution in [2.45, 2.75) is 26.7 Å². The quantitative estimate of drug-likeness (QED) is 0.535. The first kappa shape index (κ1) is 8.58. The molecular formula is C11H16. The Balaban J connectivity index is 2.86. The van der Waals surface area contributed by atoms with Crippen LogP contribution in [0.3, 0.4) is 0 Å². The lowest BCUT2D eigenvalue weighted by molar-refractivity contribution is 0.454. The van der Waals surface area contributed by atoms with E-state index in [1.54, 1.807) is 0 Å². The Hall–Kier alpha value is -0.520. The topological polar surface area (TPSA) is 0 Å². The van der Waals surface area contributed by atoms with E-state index in [-0.39, 0.29) is 5.41 Å². The maximum absolute atomic E-state index is 4.05. The SMILES string of the molecule is C=C1[CH]C[CH]C(=C)C1(C)CC. The molecule has 0 spiro atoms. The monoisotopic (exact) mass is 148 g/mol. The maximum atomic E-state index is 4.05. The zero-order valence-corrected chi connectivity index (χ0v) is 7.48. The van der Waals surface area contributed by atoms with Gasteiger partial charge in [-0.15, -0.1) is 0 Å². The van der Waals surface area contributed by atoms with Crippen molar-refractivity contribution in [3.05, 3.63) is 37.1 Å². The number of rotatable bonds is 1. The number of hydrogen-bond donors (Lipinski definition) is 0. The third-order valence-electron chi connectivity index (χ3n) is 2.85. The summed E-state index contributed by atoms with van der Waals surface area (Å²) in [5.41, 5.74) is 2.60. The Morgan fingerprint density at radius 1 is 1.36 bits per heavy atom. The first-order chi connectivity index (χ1) is 5.11. The molecule has 1 aliphatic carbocycles. The molecule has 0 nitrogen and oxygen atoms in total. The van der Waals surface area contributed by atoms with Crippen LogP contribution < -0.4 is 0 Å². The smallest absolute Gasteiger partial charge is 0.00902 e. The predicted octanol–water partition coefficient (Wildman–Crippen LogP) is 3.33. The Bertz CT molecular complexity index is 170. The van der Waals surface area contributed by atoms with Gasteiger partial charge in [0, 0.05) is 5.41 Å². The van der Waals surface area contributed by atoms with Crippen molar-refractivity contribution >= 4 is 0 Å². The zero-order chi connectivity index (χ0) is 8.48. The summed E-state index contributed by atoms with van der Waals surface area (Å²) in [6.07, 6.45) is 6.49. The second kappa shape index (κ2) is 2.84. The summed E-state index contributed by atoms with van der Waals surface area (Å²) in [5, 5.41) is 0. The lowest BCUT2D eigenvalue weighted by atomic mass is 9.68. The van der Waals surface area contributed by atoms with Crippen LogP contribution in [-0.4, -0.2) is 0 Å². The summed E-state index contributed by atoms with van der Waals surface area (Å²) < 4.78 is 0. The van der Waals surface area contributed by atoms with Gasteiger partial charge in [0.25, 0.3) is 0 Å². The Morgan fingerprint density at radius 3 is 2.09 bits per heavy atom. The zero-order valence-electron chi connectivity index (χ0n) is 7.48. The van der Waals surface area contributed by atoms with Crippen LogP contribution in [0.15, 0.2) is 24.3 Å². The molecule has 1 fully saturated rings. The fourth-order valence-electron chi connectivity index (χ4n) is 1.45. The van der Waals surface area contributed by atoms with Gasteiger partial charge in [0.2, 0.25) is 0 Å². The summed E-state index contributed by atoms with van der Waals surface area (Å²) in [5.74, 6) is 0. The van der Waals surface area contributed by atoms with Crippen LogP contribution in [0, 0.1) is 18.3 Å². The third kappa shape index (κ3) is 1.26. The number of hydrogen-bond acceptors (Lipinski definition) is 0. The van der Waals surface area contributed by atoms with E-state index in [0.29, 0.717) is 0 Å². The average molecular weight is 148 g/mol. The van der Waals surface area contributed by atoms with E-state index in [1.165, 1.54) is 11.1 Å². The molecule has 1 saturated carbocycles. The highest BCUT2D eigenvalue weighted by Gasteiger charge is 2.31. The van der Waals surface area contributed by atoms with Crippen molar-refractivity contribution in [3.63, 3.8) is 0 Å². The molecule has 1 aliphatic rings. The first-order valence-corrected chi connectivity index (χ1v) is 4.16. The summed E-state index contributed by atoms with van der Waals surface area (Å²) in [6.45, 7) is 12.5. The first-order valence-electron chi connectivity index (χ1n) is 4.16. The molecule has 0 aromatic heterocycles. The van der Waals surface area contributed by atoms with Crippen molar-refractivity contribution in [1.82, 2.24) is 0 Å². The summed E-state index contributed by atoms with van der Waals surface area (Å²) in [6, 6.07) is 0. The normalized spacial score (nSPS) is 23.8. The van der Waals surface area contributed by atoms with Crippen LogP contribution in [0.1, 0.15) is 26.7 Å². The van der Waals surface area contributed by atoms with Gasteiger partial charge in [-0.05, 0) is 25.7 Å². The van der Waals surface area contributed by atoms with Crippen LogP contribution in [0.5, 0.6) is 0 Å². The van der Waals surface area contributed by atoms with E-state index in [2.05, 4.69) is 39.8 Å². The van der Waals surface area contributed by atoms with Gasteiger partial charge in [0.15, 0.2) is 0 Å². The Kier molecular flexibility index (Phi) is 2.22. The van der Waals surface area contributed by atoms with Crippen LogP contribution >= 0.6 is 0 Å². The molecule has 11 heavy (non-hydrogen) atoms. The maximum Gasteiger partial charge on any atom is 0.00902 e. The molecule has 60 valence electrons. The Morgan fingerprint density at radius 2 is 1.82 bits per heavy atom. The van der Waals surface area contributed by atoms with Crippen molar-refractivity contribution in [2.24, 2.45) is 5.41 Å². The highest BCUT2D eigenvalue weighted by molar-refractivity contribution is 5.39. The highest BCUT2D eigenvalue weighted by atomic mass is 14.4. The fourth-order valence-corrected chi connectivity index (χ4v) is 1.45. The molecule has 0 saturated heterocycles. The van der Waals surface area contributed by atoms with Crippen LogP contribution in [-0.2, 0) is 0 Å². The van der Waals surface area contributed by atoms with Gasteiger partial charge in [0.1, 0.15) is 0 Å². The summed E-state index contributed by atoms with van der Waals surface area (Å²) in [7, 11) is 0.